The number of ether oxygens (including phenoxy) is 1. The molecule has 0 aliphatic rings. The van der Waals surface area contributed by atoms with E-state index in [1.165, 1.54) is 424 Å². The number of nitrogens with one attached hydrogen (secondary N) is 1. The van der Waals surface area contributed by atoms with Gasteiger partial charge in [0.1, 0.15) is 0 Å². The maximum Gasteiger partial charge on any atom is 0.305 e. The van der Waals surface area contributed by atoms with Crippen LogP contribution >= 0.6 is 0 Å². The Balaban J connectivity index is 3.31. The molecule has 0 heterocycles. The lowest BCUT2D eigenvalue weighted by molar-refractivity contribution is -0.143. The summed E-state index contributed by atoms with van der Waals surface area (Å²) in [7, 11) is 0. The van der Waals surface area contributed by atoms with E-state index in [9.17, 15) is 19.8 Å². The summed E-state index contributed by atoms with van der Waals surface area (Å²) in [5.41, 5.74) is 0. The summed E-state index contributed by atoms with van der Waals surface area (Å²) >= 11 is 0. The van der Waals surface area contributed by atoms with Crippen LogP contribution in [0.5, 0.6) is 0 Å². The highest BCUT2D eigenvalue weighted by molar-refractivity contribution is 5.76. The van der Waals surface area contributed by atoms with E-state index in [1.54, 1.807) is 6.08 Å². The monoisotopic (exact) mass is 1350 g/mol. The van der Waals surface area contributed by atoms with Crippen molar-refractivity contribution in [3.05, 3.63) is 36.5 Å². The lowest BCUT2D eigenvalue weighted by Gasteiger charge is -2.20. The van der Waals surface area contributed by atoms with Crippen LogP contribution in [0.3, 0.4) is 0 Å². The normalized spacial score (nSPS) is 12.6. The molecule has 6 heteroatoms. The molecule has 0 aromatic rings. The fourth-order valence-corrected chi connectivity index (χ4v) is 14.2. The van der Waals surface area contributed by atoms with Gasteiger partial charge in [-0.2, -0.15) is 0 Å². The van der Waals surface area contributed by atoms with Crippen LogP contribution in [0.25, 0.3) is 0 Å². The van der Waals surface area contributed by atoms with E-state index in [0.717, 1.165) is 51.4 Å². The molecule has 0 rings (SSSR count). The highest BCUT2D eigenvalue weighted by Crippen LogP contribution is 2.21. The molecule has 96 heavy (non-hydrogen) atoms. The van der Waals surface area contributed by atoms with Crippen LogP contribution < -0.4 is 5.32 Å². The Labute approximate surface area is 602 Å². The van der Waals surface area contributed by atoms with Crippen molar-refractivity contribution in [2.45, 2.75) is 514 Å². The maximum atomic E-state index is 12.6. The second-order valence-corrected chi connectivity index (χ2v) is 30.6. The van der Waals surface area contributed by atoms with Gasteiger partial charge in [-0.25, -0.2) is 0 Å². The molecule has 6 nitrogen and oxygen atoms in total. The Morgan fingerprint density at radius 1 is 0.292 bits per heavy atom. The van der Waals surface area contributed by atoms with Gasteiger partial charge < -0.3 is 20.3 Å². The number of allylic oxidation sites excluding steroid dienone is 5. The van der Waals surface area contributed by atoms with E-state index >= 15 is 0 Å². The summed E-state index contributed by atoms with van der Waals surface area (Å²) in [5.74, 6) is -0.0391. The van der Waals surface area contributed by atoms with Crippen molar-refractivity contribution >= 4 is 11.9 Å². The van der Waals surface area contributed by atoms with Crippen molar-refractivity contribution in [1.29, 1.82) is 0 Å². The van der Waals surface area contributed by atoms with E-state index in [-0.39, 0.29) is 18.5 Å². The van der Waals surface area contributed by atoms with Crippen molar-refractivity contribution in [3.8, 4) is 0 Å². The Kier molecular flexibility index (Phi) is 83.8. The Morgan fingerprint density at radius 2 is 0.521 bits per heavy atom. The fraction of sp³-hybridized carbons (Fsp3) is 0.911. The largest absolute Gasteiger partial charge is 0.466 e. The predicted octanol–water partition coefficient (Wildman–Crippen LogP) is 29.7. The zero-order valence-corrected chi connectivity index (χ0v) is 65.4. The number of carbonyl (C=O) groups excluding carboxylic acids is 2. The fourth-order valence-electron chi connectivity index (χ4n) is 14.2. The molecule has 0 saturated carbocycles. The highest BCUT2D eigenvalue weighted by atomic mass is 16.5. The summed E-state index contributed by atoms with van der Waals surface area (Å²) < 4.78 is 5.52. The third-order valence-corrected chi connectivity index (χ3v) is 20.9. The minimum absolute atomic E-state index is 0.0174. The lowest BCUT2D eigenvalue weighted by Crippen LogP contribution is -2.45. The highest BCUT2D eigenvalue weighted by Gasteiger charge is 2.18. The first-order valence-electron chi connectivity index (χ1n) is 44.3. The summed E-state index contributed by atoms with van der Waals surface area (Å²) in [6.07, 6.45) is 113. The molecule has 3 N–H and O–H groups in total. The molecule has 0 aliphatic heterocycles. The van der Waals surface area contributed by atoms with Gasteiger partial charge >= 0.3 is 5.97 Å². The number of unbranched alkanes of at least 4 members (excludes halogenated alkanes) is 69. The summed E-state index contributed by atoms with van der Waals surface area (Å²) in [6, 6.07) is -0.624. The molecule has 2 unspecified atom stereocenters. The molecule has 0 aromatic carbocycles. The number of aliphatic hydroxyl groups is 2. The molecule has 0 fully saturated rings. The van der Waals surface area contributed by atoms with Crippen LogP contribution in [0, 0.1) is 0 Å². The molecule has 568 valence electrons. The average Bonchev–Trinajstić information content (AvgIpc) is 2.36. The zero-order chi connectivity index (χ0) is 69.1. The van der Waals surface area contributed by atoms with Crippen LogP contribution in [0.1, 0.15) is 502 Å². The van der Waals surface area contributed by atoms with Gasteiger partial charge in [-0.15, -0.1) is 0 Å². The number of hydrogen-bond donors (Lipinski definition) is 3. The van der Waals surface area contributed by atoms with E-state index in [2.05, 4.69) is 43.5 Å². The molecular formula is C90H173NO5. The minimum atomic E-state index is -0.842. The van der Waals surface area contributed by atoms with Crippen LogP contribution in [-0.4, -0.2) is 47.4 Å². The number of aliphatic hydroxyl groups excluding tert-OH is 2. The number of hydrogen-bond acceptors (Lipinski definition) is 5. The van der Waals surface area contributed by atoms with Crippen molar-refractivity contribution < 1.29 is 24.5 Å². The Bertz CT molecular complexity index is 1560. The number of carbonyl (C=O) groups is 2. The number of amides is 1. The number of rotatable bonds is 84. The minimum Gasteiger partial charge on any atom is -0.466 e. The molecule has 0 spiro atoms. The van der Waals surface area contributed by atoms with Gasteiger partial charge in [0.15, 0.2) is 0 Å². The van der Waals surface area contributed by atoms with E-state index < -0.39 is 12.1 Å². The van der Waals surface area contributed by atoms with Crippen molar-refractivity contribution in [2.75, 3.05) is 13.2 Å². The summed E-state index contributed by atoms with van der Waals surface area (Å²) in [6.45, 7) is 4.94. The SMILES string of the molecule is CCCCCC/C=C\C/C=C\CCCCCCCCCC(=O)OCCCCCCCCCCCCCCCCCCCCCCCCCCCCCCCCCCCCCCCCCC(=O)NC(CO)C(O)/C=C/CCCCCCCCCCCCCCCCCCCCCC. The molecule has 0 aromatic heterocycles. The maximum absolute atomic E-state index is 12.6. The van der Waals surface area contributed by atoms with E-state index in [1.807, 2.05) is 6.08 Å². The molecular weight excluding hydrogens is 1170 g/mol. The van der Waals surface area contributed by atoms with Crippen molar-refractivity contribution in [2.24, 2.45) is 0 Å². The second kappa shape index (κ2) is 85.5. The van der Waals surface area contributed by atoms with Gasteiger partial charge in [-0.1, -0.05) is 461 Å². The Morgan fingerprint density at radius 3 is 0.802 bits per heavy atom. The summed E-state index contributed by atoms with van der Waals surface area (Å²) in [5, 5.41) is 23.3. The Hall–Kier alpha value is -1.92. The molecule has 0 saturated heterocycles. The number of esters is 1. The molecule has 1 amide bonds. The first-order valence-corrected chi connectivity index (χ1v) is 44.3. The third kappa shape index (κ3) is 81.0. The van der Waals surface area contributed by atoms with Gasteiger partial charge in [-0.3, -0.25) is 9.59 Å². The van der Waals surface area contributed by atoms with Gasteiger partial charge in [0.2, 0.25) is 5.91 Å². The standard InChI is InChI=1S/C90H173NO5/c1-3-5-7-9-11-13-15-17-19-21-23-24-44-47-50-54-58-62-66-70-74-78-82-88(93)87(86-92)91-89(94)83-79-75-71-67-63-59-55-51-48-45-42-40-38-36-34-32-30-28-26-25-27-29-31-33-35-37-39-41-43-46-49-53-57-61-65-69-73-77-81-85-96-90(95)84-80-76-72-68-64-60-56-52-22-20-18-16-14-12-10-8-6-4-2/h14,16,20,22,78,82,87-88,92-93H,3-13,15,17-19,21,23-77,79-81,83-86H2,1-2H3,(H,91,94)/b16-14-,22-20-,82-78+. The third-order valence-electron chi connectivity index (χ3n) is 20.9. The first kappa shape index (κ1) is 94.1. The quantitative estimate of drug-likeness (QED) is 0.0320. The van der Waals surface area contributed by atoms with Crippen LogP contribution in [-0.2, 0) is 14.3 Å². The zero-order valence-electron chi connectivity index (χ0n) is 65.4. The summed E-state index contributed by atoms with van der Waals surface area (Å²) in [4.78, 5) is 24.7. The van der Waals surface area contributed by atoms with E-state index in [0.29, 0.717) is 19.4 Å². The van der Waals surface area contributed by atoms with Crippen molar-refractivity contribution in [1.82, 2.24) is 5.32 Å². The average molecular weight is 1350 g/mol. The molecule has 0 bridgehead atoms. The van der Waals surface area contributed by atoms with Gasteiger partial charge in [0.05, 0.1) is 25.4 Å². The molecule has 2 atom stereocenters. The first-order chi connectivity index (χ1) is 47.5. The second-order valence-electron chi connectivity index (χ2n) is 30.6. The van der Waals surface area contributed by atoms with E-state index in [4.69, 9.17) is 4.74 Å². The lowest BCUT2D eigenvalue weighted by atomic mass is 10.0. The van der Waals surface area contributed by atoms with Crippen LogP contribution in [0.4, 0.5) is 0 Å². The topological polar surface area (TPSA) is 95.9 Å². The molecule has 0 aliphatic carbocycles. The smallest absolute Gasteiger partial charge is 0.305 e. The van der Waals surface area contributed by atoms with Crippen LogP contribution in [0.2, 0.25) is 0 Å². The van der Waals surface area contributed by atoms with Crippen molar-refractivity contribution in [3.63, 3.8) is 0 Å². The molecule has 0 radical (unpaired) electrons. The van der Waals surface area contributed by atoms with Gasteiger partial charge in [0.25, 0.3) is 0 Å². The van der Waals surface area contributed by atoms with Gasteiger partial charge in [0, 0.05) is 12.8 Å². The van der Waals surface area contributed by atoms with Crippen LogP contribution in [0.15, 0.2) is 36.5 Å². The van der Waals surface area contributed by atoms with Gasteiger partial charge in [-0.05, 0) is 64.2 Å². The predicted molar refractivity (Wildman–Crippen MR) is 426 cm³/mol.